The van der Waals surface area contributed by atoms with Gasteiger partial charge in [-0.25, -0.2) is 4.31 Å². The van der Waals surface area contributed by atoms with Gasteiger partial charge in [0.15, 0.2) is 0 Å². The van der Waals surface area contributed by atoms with E-state index in [4.69, 9.17) is 11.5 Å². The average Bonchev–Trinajstić information content (AvgIpc) is 1.88. The molecule has 0 heterocycles. The van der Waals surface area contributed by atoms with Crippen molar-refractivity contribution in [3.63, 3.8) is 0 Å². The summed E-state index contributed by atoms with van der Waals surface area (Å²) < 4.78 is 2.02. The fourth-order valence-electron chi connectivity index (χ4n) is 0.481. The maximum absolute atomic E-state index is 5.31. The van der Waals surface area contributed by atoms with E-state index in [1.165, 1.54) is 11.0 Å². The monoisotopic (exact) mass is 167 g/mol. The molecule has 0 saturated heterocycles. The van der Waals surface area contributed by atoms with Crippen molar-refractivity contribution >= 4 is 22.6 Å². The first kappa shape index (κ1) is 9.58. The van der Waals surface area contributed by atoms with Crippen molar-refractivity contribution in [1.82, 2.24) is 4.31 Å². The molecule has 0 radical (unpaired) electrons. The topological polar surface area (TPSA) is 55.3 Å². The molecule has 0 saturated carbocycles. The second-order valence-electron chi connectivity index (χ2n) is 1.59. The molecule has 3 nitrogen and oxygen atoms in total. The smallest absolute Gasteiger partial charge is 0.0221 e. The lowest BCUT2D eigenvalue weighted by molar-refractivity contribution is 0.496. The van der Waals surface area contributed by atoms with Crippen LogP contribution in [-0.4, -0.2) is 30.5 Å². The first-order valence-electron chi connectivity index (χ1n) is 2.81. The highest BCUT2D eigenvalue weighted by atomic mass is 33.1. The summed E-state index contributed by atoms with van der Waals surface area (Å²) in [6, 6.07) is 0. The molecule has 0 aliphatic heterocycles. The van der Waals surface area contributed by atoms with Crippen LogP contribution >= 0.6 is 22.6 Å². The minimum absolute atomic E-state index is 0.660. The Hall–Kier alpha value is 0.580. The van der Waals surface area contributed by atoms with Crippen molar-refractivity contribution < 1.29 is 0 Å². The molecular weight excluding hydrogens is 154 g/mol. The second-order valence-corrected chi connectivity index (χ2v) is 2.76. The molecule has 9 heavy (non-hydrogen) atoms. The molecule has 0 aliphatic carbocycles. The molecule has 0 amide bonds. The van der Waals surface area contributed by atoms with Crippen molar-refractivity contribution in [2.75, 3.05) is 26.2 Å². The minimum atomic E-state index is 0.660. The predicted octanol–water partition coefficient (Wildman–Crippen LogP) is -0.301. The Labute approximate surface area is 65.1 Å². The average molecular weight is 167 g/mol. The number of nitrogens with zero attached hydrogens (tertiary/aromatic N) is 1. The molecule has 0 unspecified atom stereocenters. The van der Waals surface area contributed by atoms with E-state index in [-0.39, 0.29) is 0 Å². The molecule has 5 heteroatoms. The zero-order chi connectivity index (χ0) is 7.11. The van der Waals surface area contributed by atoms with Gasteiger partial charge in [-0.1, -0.05) is 11.7 Å². The van der Waals surface area contributed by atoms with E-state index < -0.39 is 0 Å². The summed E-state index contributed by atoms with van der Waals surface area (Å²) in [7, 11) is 1.39. The molecule has 56 valence electrons. The van der Waals surface area contributed by atoms with Crippen LogP contribution in [0.1, 0.15) is 0 Å². The summed E-state index contributed by atoms with van der Waals surface area (Å²) in [6.45, 7) is 3.03. The fraction of sp³-hybridized carbons (Fsp3) is 1.00. The summed E-state index contributed by atoms with van der Waals surface area (Å²) in [5.74, 6) is 0. The van der Waals surface area contributed by atoms with Crippen LogP contribution in [0.2, 0.25) is 0 Å². The lowest BCUT2D eigenvalue weighted by Gasteiger charge is -2.14. The molecule has 0 fully saturated rings. The first-order valence-corrected chi connectivity index (χ1v) is 4.64. The number of hydrogen-bond acceptors (Lipinski definition) is 5. The molecule has 4 N–H and O–H groups in total. The van der Waals surface area contributed by atoms with Gasteiger partial charge in [-0.15, -0.1) is 0 Å². The third kappa shape index (κ3) is 5.05. The van der Waals surface area contributed by atoms with E-state index in [0.29, 0.717) is 13.1 Å². The van der Waals surface area contributed by atoms with Gasteiger partial charge in [0, 0.05) is 26.2 Å². The van der Waals surface area contributed by atoms with Gasteiger partial charge < -0.3 is 11.5 Å². The van der Waals surface area contributed by atoms with Gasteiger partial charge in [-0.3, -0.25) is 0 Å². The normalized spacial score (nSPS) is 10.7. The number of nitrogens with two attached hydrogens (primary N) is 2. The Bertz CT molecular complexity index is 55.8. The predicted molar refractivity (Wildman–Crippen MR) is 46.3 cm³/mol. The van der Waals surface area contributed by atoms with Gasteiger partial charge in [0.05, 0.1) is 0 Å². The van der Waals surface area contributed by atoms with Crippen LogP contribution in [0.3, 0.4) is 0 Å². The lowest BCUT2D eigenvalue weighted by atomic mass is 10.6. The molecular formula is C4H13N3S2. The second kappa shape index (κ2) is 6.70. The van der Waals surface area contributed by atoms with Crippen LogP contribution in [0.15, 0.2) is 0 Å². The first-order chi connectivity index (χ1) is 4.35. The van der Waals surface area contributed by atoms with E-state index in [2.05, 4.69) is 11.7 Å². The van der Waals surface area contributed by atoms with E-state index in [1.807, 2.05) is 4.31 Å². The van der Waals surface area contributed by atoms with E-state index in [1.54, 1.807) is 0 Å². The standard InChI is InChI=1S/C4H13N3S2/c5-1-3-7(9-8)4-2-6/h8H,1-6H2. The molecule has 0 aromatic rings. The largest absolute Gasteiger partial charge is 0.329 e. The van der Waals surface area contributed by atoms with Crippen molar-refractivity contribution in [2.24, 2.45) is 11.5 Å². The number of hydrogen-bond donors (Lipinski definition) is 3. The highest BCUT2D eigenvalue weighted by molar-refractivity contribution is 8.67. The summed E-state index contributed by atoms with van der Waals surface area (Å²) in [4.78, 5) is 0. The molecule has 0 aromatic carbocycles. The molecule has 0 aromatic heterocycles. The molecule has 0 aliphatic rings. The van der Waals surface area contributed by atoms with Crippen LogP contribution in [0.4, 0.5) is 0 Å². The zero-order valence-corrected chi connectivity index (χ0v) is 7.00. The van der Waals surface area contributed by atoms with Gasteiger partial charge in [-0.2, -0.15) is 0 Å². The van der Waals surface area contributed by atoms with Gasteiger partial charge >= 0.3 is 0 Å². The molecule has 0 rings (SSSR count). The Kier molecular flexibility index (Phi) is 7.13. The van der Waals surface area contributed by atoms with Crippen LogP contribution in [-0.2, 0) is 0 Å². The van der Waals surface area contributed by atoms with E-state index >= 15 is 0 Å². The third-order valence-electron chi connectivity index (χ3n) is 0.872. The molecule has 0 bridgehead atoms. The summed E-state index contributed by atoms with van der Waals surface area (Å²) in [6.07, 6.45) is 0. The van der Waals surface area contributed by atoms with Crippen molar-refractivity contribution in [3.05, 3.63) is 0 Å². The van der Waals surface area contributed by atoms with Gasteiger partial charge in [0.1, 0.15) is 0 Å². The molecule has 0 atom stereocenters. The lowest BCUT2D eigenvalue weighted by Crippen LogP contribution is -2.27. The van der Waals surface area contributed by atoms with Crippen LogP contribution in [0.5, 0.6) is 0 Å². The van der Waals surface area contributed by atoms with E-state index in [9.17, 15) is 0 Å². The quantitative estimate of drug-likeness (QED) is 0.299. The van der Waals surface area contributed by atoms with Crippen molar-refractivity contribution in [3.8, 4) is 0 Å². The van der Waals surface area contributed by atoms with Gasteiger partial charge in [-0.05, 0) is 11.0 Å². The van der Waals surface area contributed by atoms with Gasteiger partial charge in [0.25, 0.3) is 0 Å². The maximum Gasteiger partial charge on any atom is 0.0221 e. The summed E-state index contributed by atoms with van der Waals surface area (Å²) >= 11 is 4.02. The third-order valence-corrected chi connectivity index (χ3v) is 2.16. The van der Waals surface area contributed by atoms with E-state index in [0.717, 1.165) is 13.1 Å². The Morgan fingerprint density at radius 2 is 1.67 bits per heavy atom. The van der Waals surface area contributed by atoms with Gasteiger partial charge in [0.2, 0.25) is 0 Å². The molecule has 0 spiro atoms. The zero-order valence-electron chi connectivity index (χ0n) is 5.29. The van der Waals surface area contributed by atoms with Crippen LogP contribution in [0.25, 0.3) is 0 Å². The maximum atomic E-state index is 5.31. The Morgan fingerprint density at radius 3 is 1.89 bits per heavy atom. The van der Waals surface area contributed by atoms with Crippen molar-refractivity contribution in [1.29, 1.82) is 0 Å². The van der Waals surface area contributed by atoms with Crippen LogP contribution in [0, 0.1) is 0 Å². The van der Waals surface area contributed by atoms with Crippen molar-refractivity contribution in [2.45, 2.75) is 0 Å². The Morgan fingerprint density at radius 1 is 1.22 bits per heavy atom. The summed E-state index contributed by atoms with van der Waals surface area (Å²) in [5, 5.41) is 0. The highest BCUT2D eigenvalue weighted by Gasteiger charge is 1.98. The van der Waals surface area contributed by atoms with Crippen LogP contribution < -0.4 is 11.5 Å². The fourth-order valence-corrected chi connectivity index (χ4v) is 1.35. The Balaban J connectivity index is 3.18. The SMILES string of the molecule is NCCN(CCN)SS. The summed E-state index contributed by atoms with van der Waals surface area (Å²) in [5.41, 5.74) is 10.6. The minimum Gasteiger partial charge on any atom is -0.329 e. The number of rotatable bonds is 5. The highest BCUT2D eigenvalue weighted by Crippen LogP contribution is 2.10. The number of thiol groups is 1.